The predicted molar refractivity (Wildman–Crippen MR) is 185 cm³/mol. The van der Waals surface area contributed by atoms with Crippen molar-refractivity contribution in [1.29, 1.82) is 0 Å². The molecule has 5 aromatic carbocycles. The molecule has 44 heavy (non-hydrogen) atoms. The summed E-state index contributed by atoms with van der Waals surface area (Å²) in [6.45, 7) is 4.35. The summed E-state index contributed by atoms with van der Waals surface area (Å²) in [7, 11) is 0. The molecule has 2 heteroatoms. The Labute approximate surface area is 260 Å². The van der Waals surface area contributed by atoms with Crippen LogP contribution in [0.4, 0.5) is 0 Å². The summed E-state index contributed by atoms with van der Waals surface area (Å²) in [6.07, 6.45) is 8.04. The first-order chi connectivity index (χ1) is 21.7. The van der Waals surface area contributed by atoms with E-state index < -0.39 is 0 Å². The number of nitrogens with zero attached hydrogens (tertiary/aromatic N) is 2. The lowest BCUT2D eigenvalue weighted by atomic mass is 10.0. The highest BCUT2D eigenvalue weighted by Gasteiger charge is 2.17. The minimum atomic E-state index is 1.03. The van der Waals surface area contributed by atoms with E-state index in [1.54, 1.807) is 0 Å². The molecule has 0 saturated heterocycles. The van der Waals surface area contributed by atoms with Gasteiger partial charge < -0.3 is 0 Å². The molecule has 0 aliphatic heterocycles. The number of fused-ring (bicyclic) bond motifs is 9. The second kappa shape index (κ2) is 12.3. The van der Waals surface area contributed by atoms with E-state index in [1.165, 1.54) is 66.4 Å². The number of aryl methyl sites for hydroxylation is 2. The van der Waals surface area contributed by atoms with Crippen LogP contribution in [-0.2, 0) is 25.7 Å². The van der Waals surface area contributed by atoms with Crippen LogP contribution < -0.4 is 0 Å². The average Bonchev–Trinajstić information content (AvgIpc) is 3.67. The maximum absolute atomic E-state index is 4.53. The van der Waals surface area contributed by atoms with Gasteiger partial charge in [0.1, 0.15) is 0 Å². The highest BCUT2D eigenvalue weighted by Crippen LogP contribution is 2.36. The van der Waals surface area contributed by atoms with Crippen molar-refractivity contribution in [2.75, 3.05) is 0 Å². The van der Waals surface area contributed by atoms with E-state index in [4.69, 9.17) is 0 Å². The monoisotopic (exact) mass is 568 g/mol. The molecule has 2 nitrogen and oxygen atoms in total. The molecule has 0 unspecified atom stereocenters. The Morgan fingerprint density at radius 3 is 1.05 bits per heavy atom. The summed E-state index contributed by atoms with van der Waals surface area (Å²) in [5.74, 6) is 0. The average molecular weight is 569 g/mol. The number of hydrogen-bond acceptors (Lipinski definition) is 2. The zero-order chi connectivity index (χ0) is 29.9. The molecule has 0 fully saturated rings. The fraction of sp³-hybridized carbons (Fsp3) is 0.143. The van der Waals surface area contributed by atoms with Crippen LogP contribution in [0, 0.1) is 0 Å². The predicted octanol–water partition coefficient (Wildman–Crippen LogP) is 10.4. The third-order valence-electron chi connectivity index (χ3n) is 8.98. The zero-order valence-corrected chi connectivity index (χ0v) is 25.4. The standard InChI is InChI=1S/C16H16N2.2C13H10/c1-3-11-7-9-17-15-13(11)5-6-14-12(4-2)8-10-18-16(14)15;2*1-3-7-12-10(5-1)9-11-6-2-4-8-13(11)12/h5-10H,3-4H2,1-2H3;2*1-8H,9H2. The van der Waals surface area contributed by atoms with Crippen LogP contribution in [0.5, 0.6) is 0 Å². The van der Waals surface area contributed by atoms with Crippen molar-refractivity contribution in [3.8, 4) is 22.3 Å². The Bertz CT molecular complexity index is 1870. The molecule has 214 valence electrons. The van der Waals surface area contributed by atoms with Crippen LogP contribution in [0.1, 0.15) is 47.2 Å². The van der Waals surface area contributed by atoms with E-state index in [0.717, 1.165) is 36.7 Å². The molecule has 0 N–H and O–H groups in total. The van der Waals surface area contributed by atoms with Crippen molar-refractivity contribution in [3.05, 3.63) is 167 Å². The van der Waals surface area contributed by atoms with Crippen LogP contribution >= 0.6 is 0 Å². The van der Waals surface area contributed by atoms with Crippen LogP contribution in [0.15, 0.2) is 134 Å². The number of benzene rings is 5. The quantitative estimate of drug-likeness (QED) is 0.194. The van der Waals surface area contributed by atoms with Crippen molar-refractivity contribution in [1.82, 2.24) is 9.97 Å². The van der Waals surface area contributed by atoms with E-state index in [-0.39, 0.29) is 0 Å². The fourth-order valence-corrected chi connectivity index (χ4v) is 6.72. The summed E-state index contributed by atoms with van der Waals surface area (Å²) < 4.78 is 0. The number of pyridine rings is 2. The van der Waals surface area contributed by atoms with Crippen molar-refractivity contribution < 1.29 is 0 Å². The van der Waals surface area contributed by atoms with E-state index in [9.17, 15) is 0 Å². The molecule has 7 aromatic rings. The molecule has 2 aliphatic carbocycles. The van der Waals surface area contributed by atoms with Gasteiger partial charge in [-0.15, -0.1) is 0 Å². The van der Waals surface area contributed by atoms with Gasteiger partial charge in [0, 0.05) is 23.2 Å². The molecular formula is C42H36N2. The van der Waals surface area contributed by atoms with Crippen LogP contribution in [0.3, 0.4) is 0 Å². The number of hydrogen-bond donors (Lipinski definition) is 0. The van der Waals surface area contributed by atoms with E-state index >= 15 is 0 Å². The maximum Gasteiger partial charge on any atom is 0.0967 e. The number of aromatic nitrogens is 2. The lowest BCUT2D eigenvalue weighted by Gasteiger charge is -2.08. The van der Waals surface area contributed by atoms with Gasteiger partial charge in [0.05, 0.1) is 11.0 Å². The van der Waals surface area contributed by atoms with Crippen molar-refractivity contribution >= 4 is 21.8 Å². The molecule has 0 spiro atoms. The highest BCUT2D eigenvalue weighted by atomic mass is 14.7. The van der Waals surface area contributed by atoms with Gasteiger partial charge in [0.15, 0.2) is 0 Å². The highest BCUT2D eigenvalue weighted by molar-refractivity contribution is 6.04. The molecule has 0 saturated carbocycles. The lowest BCUT2D eigenvalue weighted by Crippen LogP contribution is -1.92. The summed E-state index contributed by atoms with van der Waals surface area (Å²) in [6, 6.07) is 43.2. The van der Waals surface area contributed by atoms with E-state index in [1.807, 2.05) is 12.4 Å². The zero-order valence-electron chi connectivity index (χ0n) is 25.4. The van der Waals surface area contributed by atoms with Gasteiger partial charge in [-0.3, -0.25) is 9.97 Å². The molecule has 0 atom stereocenters. The SMILES string of the molecule is CCc1ccnc2c1ccc1c(CC)ccnc12.c1ccc2c(c1)Cc1ccccc1-2.c1ccc2c(c1)Cc1ccccc1-2. The first-order valence-electron chi connectivity index (χ1n) is 15.7. The molecule has 0 amide bonds. The summed E-state index contributed by atoms with van der Waals surface area (Å²) in [5, 5.41) is 2.46. The molecule has 2 aromatic heterocycles. The molecule has 9 rings (SSSR count). The minimum absolute atomic E-state index is 1.03. The second-order valence-electron chi connectivity index (χ2n) is 11.5. The minimum Gasteiger partial charge on any atom is -0.254 e. The van der Waals surface area contributed by atoms with Gasteiger partial charge in [0.2, 0.25) is 0 Å². The topological polar surface area (TPSA) is 25.8 Å². The Balaban J connectivity index is 0.000000109. The fourth-order valence-electron chi connectivity index (χ4n) is 6.72. The van der Waals surface area contributed by atoms with Gasteiger partial charge in [-0.25, -0.2) is 0 Å². The van der Waals surface area contributed by atoms with Gasteiger partial charge in [-0.05, 0) is 93.5 Å². The number of rotatable bonds is 2. The Morgan fingerprint density at radius 1 is 0.409 bits per heavy atom. The van der Waals surface area contributed by atoms with Gasteiger partial charge >= 0.3 is 0 Å². The Kier molecular flexibility index (Phi) is 7.73. The normalized spacial score (nSPS) is 11.9. The summed E-state index contributed by atoms with van der Waals surface area (Å²) >= 11 is 0. The molecule has 0 radical (unpaired) electrons. The molecule has 2 aliphatic rings. The lowest BCUT2D eigenvalue weighted by molar-refractivity contribution is 1.14. The van der Waals surface area contributed by atoms with Crippen molar-refractivity contribution in [2.45, 2.75) is 39.5 Å². The van der Waals surface area contributed by atoms with Gasteiger partial charge in [-0.2, -0.15) is 0 Å². The van der Waals surface area contributed by atoms with Crippen LogP contribution in [0.25, 0.3) is 44.1 Å². The Morgan fingerprint density at radius 2 is 0.727 bits per heavy atom. The molecule has 0 bridgehead atoms. The van der Waals surface area contributed by atoms with Crippen molar-refractivity contribution in [2.24, 2.45) is 0 Å². The first kappa shape index (κ1) is 27.7. The summed E-state index contributed by atoms with van der Waals surface area (Å²) in [5.41, 5.74) is 16.2. The molecule has 2 heterocycles. The molecular weight excluding hydrogens is 532 g/mol. The first-order valence-corrected chi connectivity index (χ1v) is 15.7. The van der Waals surface area contributed by atoms with Crippen molar-refractivity contribution in [3.63, 3.8) is 0 Å². The van der Waals surface area contributed by atoms with Crippen LogP contribution in [0.2, 0.25) is 0 Å². The third-order valence-corrected chi connectivity index (χ3v) is 8.98. The third kappa shape index (κ3) is 5.18. The van der Waals surface area contributed by atoms with E-state index in [0.29, 0.717) is 0 Å². The van der Waals surface area contributed by atoms with E-state index in [2.05, 4.69) is 145 Å². The smallest absolute Gasteiger partial charge is 0.0967 e. The van der Waals surface area contributed by atoms with Gasteiger partial charge in [-0.1, -0.05) is 123 Å². The maximum atomic E-state index is 4.53. The van der Waals surface area contributed by atoms with Gasteiger partial charge in [0.25, 0.3) is 0 Å². The Hall–Kier alpha value is -5.08. The second-order valence-corrected chi connectivity index (χ2v) is 11.5. The van der Waals surface area contributed by atoms with Crippen LogP contribution in [-0.4, -0.2) is 9.97 Å². The summed E-state index contributed by atoms with van der Waals surface area (Å²) in [4.78, 5) is 9.06. The largest absolute Gasteiger partial charge is 0.254 e.